The number of nitrogens with two attached hydrogens (primary N) is 1. The number of anilines is 4. The first-order valence-corrected chi connectivity index (χ1v) is 11.9. The number of nitrogens with one attached hydrogen (secondary N) is 1. The third-order valence-electron chi connectivity index (χ3n) is 7.05. The molecular formula is C26H33N7O. The summed E-state index contributed by atoms with van der Waals surface area (Å²) in [5.74, 6) is 1.01. The van der Waals surface area contributed by atoms with E-state index >= 15 is 0 Å². The van der Waals surface area contributed by atoms with Crippen molar-refractivity contribution in [2.75, 3.05) is 49.8 Å². The van der Waals surface area contributed by atoms with Gasteiger partial charge in [0.15, 0.2) is 0 Å². The second-order valence-corrected chi connectivity index (χ2v) is 9.46. The maximum absolute atomic E-state index is 6.32. The van der Waals surface area contributed by atoms with Crippen molar-refractivity contribution in [1.82, 2.24) is 19.9 Å². The van der Waals surface area contributed by atoms with E-state index < -0.39 is 0 Å². The largest absolute Gasteiger partial charge is 0.384 e. The summed E-state index contributed by atoms with van der Waals surface area (Å²) < 4.78 is 5.16. The molecule has 2 aliphatic heterocycles. The van der Waals surface area contributed by atoms with Crippen LogP contribution in [0.4, 0.5) is 23.1 Å². The Labute approximate surface area is 201 Å². The van der Waals surface area contributed by atoms with Gasteiger partial charge in [-0.1, -0.05) is 0 Å². The Morgan fingerprint density at radius 2 is 1.94 bits per heavy atom. The SMILES string of the molecule is COCCc1cc(C)c(-c2ccnc(Nc3ccc(N4C[C@@H]5C[C@H]4CN5C)c(C)c3)n2)c(N)n1. The van der Waals surface area contributed by atoms with Gasteiger partial charge in [0.25, 0.3) is 0 Å². The number of hydrogen-bond donors (Lipinski definition) is 2. The van der Waals surface area contributed by atoms with Crippen LogP contribution in [0.15, 0.2) is 36.5 Å². The van der Waals surface area contributed by atoms with Gasteiger partial charge in [0, 0.05) is 67.5 Å². The molecule has 178 valence electrons. The summed E-state index contributed by atoms with van der Waals surface area (Å²) in [7, 11) is 3.92. The molecule has 8 nitrogen and oxygen atoms in total. The van der Waals surface area contributed by atoms with Gasteiger partial charge in [0.1, 0.15) is 5.82 Å². The van der Waals surface area contributed by atoms with Crippen LogP contribution in [-0.4, -0.2) is 65.8 Å². The number of aryl methyl sites for hydroxylation is 2. The zero-order valence-corrected chi connectivity index (χ0v) is 20.4. The Bertz CT molecular complexity index is 1170. The molecule has 0 aliphatic carbocycles. The van der Waals surface area contributed by atoms with E-state index in [9.17, 15) is 0 Å². The van der Waals surface area contributed by atoms with Crippen LogP contribution in [0.2, 0.25) is 0 Å². The fourth-order valence-electron chi connectivity index (χ4n) is 5.34. The number of nitrogen functional groups attached to an aromatic ring is 1. The van der Waals surface area contributed by atoms with Crippen molar-refractivity contribution >= 4 is 23.1 Å². The Morgan fingerprint density at radius 1 is 1.09 bits per heavy atom. The van der Waals surface area contributed by atoms with Crippen molar-refractivity contribution in [3.63, 3.8) is 0 Å². The number of fused-ring (bicyclic) bond motifs is 2. The molecule has 34 heavy (non-hydrogen) atoms. The molecule has 2 atom stereocenters. The molecule has 2 aliphatic rings. The van der Waals surface area contributed by atoms with Gasteiger partial charge in [-0.05, 0) is 68.8 Å². The van der Waals surface area contributed by atoms with Crippen molar-refractivity contribution in [1.29, 1.82) is 0 Å². The second-order valence-electron chi connectivity index (χ2n) is 9.46. The van der Waals surface area contributed by atoms with Crippen LogP contribution in [0.1, 0.15) is 23.2 Å². The van der Waals surface area contributed by atoms with Gasteiger partial charge in [-0.15, -0.1) is 0 Å². The molecule has 3 aromatic rings. The molecule has 5 rings (SSSR count). The smallest absolute Gasteiger partial charge is 0.227 e. The summed E-state index contributed by atoms with van der Waals surface area (Å²) >= 11 is 0. The summed E-state index contributed by atoms with van der Waals surface area (Å²) in [5, 5.41) is 3.37. The van der Waals surface area contributed by atoms with Gasteiger partial charge in [0.2, 0.25) is 5.95 Å². The fourth-order valence-corrected chi connectivity index (χ4v) is 5.34. The molecule has 2 aromatic heterocycles. The van der Waals surface area contributed by atoms with Gasteiger partial charge >= 0.3 is 0 Å². The predicted octanol–water partition coefficient (Wildman–Crippen LogP) is 3.56. The zero-order valence-electron chi connectivity index (χ0n) is 20.4. The molecule has 0 spiro atoms. The maximum atomic E-state index is 6.32. The van der Waals surface area contributed by atoms with E-state index in [1.807, 2.05) is 19.1 Å². The van der Waals surface area contributed by atoms with E-state index in [1.165, 1.54) is 17.7 Å². The van der Waals surface area contributed by atoms with Crippen LogP contribution in [0.25, 0.3) is 11.3 Å². The van der Waals surface area contributed by atoms with Crippen molar-refractivity contribution < 1.29 is 4.74 Å². The third-order valence-corrected chi connectivity index (χ3v) is 7.05. The summed E-state index contributed by atoms with van der Waals surface area (Å²) in [5.41, 5.74) is 13.4. The maximum Gasteiger partial charge on any atom is 0.227 e. The van der Waals surface area contributed by atoms with Crippen molar-refractivity contribution in [2.24, 2.45) is 0 Å². The second kappa shape index (κ2) is 9.19. The normalized spacial score (nSPS) is 19.7. The first-order chi connectivity index (χ1) is 16.4. The predicted molar refractivity (Wildman–Crippen MR) is 137 cm³/mol. The van der Waals surface area contributed by atoms with E-state index in [-0.39, 0.29) is 0 Å². The Balaban J connectivity index is 1.34. The summed E-state index contributed by atoms with van der Waals surface area (Å²) in [6.45, 7) is 7.08. The number of aromatic nitrogens is 3. The molecule has 2 bridgehead atoms. The van der Waals surface area contributed by atoms with Crippen molar-refractivity contribution in [3.8, 4) is 11.3 Å². The average Bonchev–Trinajstić information content (AvgIpc) is 3.37. The molecule has 4 heterocycles. The van der Waals surface area contributed by atoms with Crippen molar-refractivity contribution in [3.05, 3.63) is 53.3 Å². The van der Waals surface area contributed by atoms with E-state index in [4.69, 9.17) is 15.5 Å². The number of hydrogen-bond acceptors (Lipinski definition) is 8. The number of methoxy groups -OCH3 is 1. The number of ether oxygens (including phenoxy) is 1. The molecular weight excluding hydrogens is 426 g/mol. The van der Waals surface area contributed by atoms with Crippen LogP contribution < -0.4 is 16.0 Å². The Hall–Kier alpha value is -3.23. The lowest BCUT2D eigenvalue weighted by molar-refractivity contribution is 0.201. The molecule has 1 aromatic carbocycles. The lowest BCUT2D eigenvalue weighted by Crippen LogP contribution is -2.44. The number of piperazine rings is 1. The van der Waals surface area contributed by atoms with Crippen LogP contribution in [0, 0.1) is 13.8 Å². The van der Waals surface area contributed by atoms with Gasteiger partial charge in [-0.3, -0.25) is 4.90 Å². The van der Waals surface area contributed by atoms with Gasteiger partial charge in [-0.2, -0.15) is 0 Å². The number of likely N-dealkylation sites (N-methyl/N-ethyl adjacent to an activating group) is 1. The first-order valence-electron chi connectivity index (χ1n) is 11.9. The van der Waals surface area contributed by atoms with E-state index in [1.54, 1.807) is 13.3 Å². The number of benzene rings is 1. The van der Waals surface area contributed by atoms with Crippen molar-refractivity contribution in [2.45, 2.75) is 38.8 Å². The molecule has 2 fully saturated rings. The number of rotatable bonds is 7. The Morgan fingerprint density at radius 3 is 2.62 bits per heavy atom. The molecule has 3 N–H and O–H groups in total. The highest BCUT2D eigenvalue weighted by molar-refractivity contribution is 5.75. The lowest BCUT2D eigenvalue weighted by atomic mass is 10.0. The summed E-state index contributed by atoms with van der Waals surface area (Å²) in [6, 6.07) is 11.7. The van der Waals surface area contributed by atoms with E-state index in [0.717, 1.165) is 47.7 Å². The highest BCUT2D eigenvalue weighted by atomic mass is 16.5. The van der Waals surface area contributed by atoms with Crippen LogP contribution >= 0.6 is 0 Å². The average molecular weight is 460 g/mol. The zero-order chi connectivity index (χ0) is 23.8. The van der Waals surface area contributed by atoms with Crippen LogP contribution in [-0.2, 0) is 11.2 Å². The molecule has 0 amide bonds. The number of nitrogens with zero attached hydrogens (tertiary/aromatic N) is 5. The first kappa shape index (κ1) is 22.6. The minimum atomic E-state index is 0.474. The molecule has 0 saturated carbocycles. The fraction of sp³-hybridized carbons (Fsp3) is 0.423. The summed E-state index contributed by atoms with van der Waals surface area (Å²) in [6.07, 6.45) is 3.74. The quantitative estimate of drug-likeness (QED) is 0.554. The van der Waals surface area contributed by atoms with Gasteiger partial charge in [-0.25, -0.2) is 15.0 Å². The van der Waals surface area contributed by atoms with Gasteiger partial charge in [0.05, 0.1) is 12.3 Å². The highest BCUT2D eigenvalue weighted by Crippen LogP contribution is 2.36. The van der Waals surface area contributed by atoms with Crippen LogP contribution in [0.3, 0.4) is 0 Å². The number of likely N-dealkylation sites (tertiary alicyclic amines) is 1. The van der Waals surface area contributed by atoms with Gasteiger partial charge < -0.3 is 20.7 Å². The molecule has 8 heteroatoms. The summed E-state index contributed by atoms with van der Waals surface area (Å²) in [4.78, 5) is 18.8. The molecule has 2 saturated heterocycles. The molecule has 0 radical (unpaired) electrons. The third kappa shape index (κ3) is 4.31. The minimum absolute atomic E-state index is 0.474. The lowest BCUT2D eigenvalue weighted by Gasteiger charge is -2.34. The van der Waals surface area contributed by atoms with E-state index in [0.29, 0.717) is 30.5 Å². The standard InChI is InChI=1S/C26H33N7O/c1-16-11-18(5-6-23(16)33-15-20-13-21(33)14-32(20)3)30-26-28-9-7-22(31-26)24-17(2)12-19(8-10-34-4)29-25(24)27/h5-7,9,11-12,20-21H,8,10,13-15H2,1-4H3,(H2,27,29)(H,28,30,31)/t20-,21-/m0/s1. The minimum Gasteiger partial charge on any atom is -0.384 e. The van der Waals surface area contributed by atoms with Crippen LogP contribution in [0.5, 0.6) is 0 Å². The monoisotopic (exact) mass is 459 g/mol. The topological polar surface area (TPSA) is 92.4 Å². The Kier molecular flexibility index (Phi) is 6.10. The van der Waals surface area contributed by atoms with E-state index in [2.05, 4.69) is 57.3 Å². The number of pyridine rings is 1. The highest BCUT2D eigenvalue weighted by Gasteiger charge is 2.41. The molecule has 0 unspecified atom stereocenters.